The highest BCUT2D eigenvalue weighted by molar-refractivity contribution is 5.99. The monoisotopic (exact) mass is 309 g/mol. The highest BCUT2D eigenvalue weighted by Crippen LogP contribution is 2.30. The van der Waals surface area contributed by atoms with Gasteiger partial charge in [0, 0.05) is 13.0 Å². The number of benzene rings is 2. The lowest BCUT2D eigenvalue weighted by molar-refractivity contribution is -0.355. The molecule has 0 aliphatic rings. The van der Waals surface area contributed by atoms with Gasteiger partial charge in [-0.2, -0.15) is 0 Å². The van der Waals surface area contributed by atoms with Gasteiger partial charge in [-0.25, -0.2) is 9.78 Å². The summed E-state index contributed by atoms with van der Waals surface area (Å²) >= 11 is 0. The molecule has 0 aliphatic carbocycles. The van der Waals surface area contributed by atoms with Crippen LogP contribution < -0.4 is 15.0 Å². The van der Waals surface area contributed by atoms with Gasteiger partial charge in [-0.05, 0) is 24.3 Å². The van der Waals surface area contributed by atoms with Crippen LogP contribution in [0.15, 0.2) is 48.5 Å². The maximum absolute atomic E-state index is 11.4. The number of methoxy groups -OCH3 is 1. The third-order valence-electron chi connectivity index (χ3n) is 3.65. The van der Waals surface area contributed by atoms with Crippen LogP contribution in [0.25, 0.3) is 10.9 Å². The Bertz CT molecular complexity index is 891. The van der Waals surface area contributed by atoms with Gasteiger partial charge in [-0.3, -0.25) is 0 Å². The molecule has 3 aromatic rings. The van der Waals surface area contributed by atoms with E-state index in [4.69, 9.17) is 4.74 Å². The first-order valence-electron chi connectivity index (χ1n) is 7.19. The molecule has 5 heteroatoms. The molecule has 0 saturated carbocycles. The minimum atomic E-state index is -0.964. The third kappa shape index (κ3) is 2.81. The first kappa shape index (κ1) is 14.8. The minimum absolute atomic E-state index is 0.231. The molecule has 0 saturated heterocycles. The van der Waals surface area contributed by atoms with Crippen LogP contribution in [0.1, 0.15) is 16.1 Å². The molecule has 0 amide bonds. The Labute approximate surface area is 133 Å². The van der Waals surface area contributed by atoms with Gasteiger partial charge in [0.2, 0.25) is 0 Å². The molecule has 116 valence electrons. The molecule has 5 nitrogen and oxygen atoms in total. The number of fused-ring (bicyclic) bond motifs is 1. The van der Waals surface area contributed by atoms with Gasteiger partial charge >= 0.3 is 5.97 Å². The van der Waals surface area contributed by atoms with Crippen molar-refractivity contribution in [3.8, 4) is 5.75 Å². The van der Waals surface area contributed by atoms with E-state index in [1.165, 1.54) is 0 Å². The number of carboxylic acids is 1. The molecule has 0 radical (unpaired) electrons. The maximum Gasteiger partial charge on any atom is 0.337 e. The molecule has 0 unspecified atom stereocenters. The van der Waals surface area contributed by atoms with E-state index in [0.29, 0.717) is 5.69 Å². The molecule has 0 atom stereocenters. The van der Waals surface area contributed by atoms with Crippen LogP contribution in [-0.4, -0.2) is 18.2 Å². The zero-order valence-corrected chi connectivity index (χ0v) is 12.9. The number of hydrogen-bond donors (Lipinski definition) is 2. The number of ether oxygens (including phenoxy) is 1. The Morgan fingerprint density at radius 3 is 2.65 bits per heavy atom. The second-order valence-corrected chi connectivity index (χ2v) is 5.22. The lowest BCUT2D eigenvalue weighted by Gasteiger charge is -2.11. The molecule has 23 heavy (non-hydrogen) atoms. The van der Waals surface area contributed by atoms with E-state index in [2.05, 4.69) is 10.3 Å². The topological polar surface area (TPSA) is 72.7 Å². The van der Waals surface area contributed by atoms with Crippen LogP contribution in [0.4, 0.5) is 11.4 Å². The van der Waals surface area contributed by atoms with E-state index < -0.39 is 5.97 Å². The second kappa shape index (κ2) is 5.96. The molecule has 0 spiro atoms. The minimum Gasteiger partial charge on any atom is -0.490 e. The highest BCUT2D eigenvalue weighted by atomic mass is 16.5. The molecular formula is C18H17N2O3+. The zero-order valence-electron chi connectivity index (χ0n) is 12.9. The van der Waals surface area contributed by atoms with Crippen molar-refractivity contribution in [2.45, 2.75) is 6.92 Å². The van der Waals surface area contributed by atoms with Crippen LogP contribution in [0.3, 0.4) is 0 Å². The van der Waals surface area contributed by atoms with Crippen molar-refractivity contribution in [1.29, 1.82) is 0 Å². The lowest BCUT2D eigenvalue weighted by atomic mass is 10.1. The zero-order chi connectivity index (χ0) is 16.4. The number of hydrogen-bond acceptors (Lipinski definition) is 3. The van der Waals surface area contributed by atoms with Crippen LogP contribution in [0.2, 0.25) is 0 Å². The summed E-state index contributed by atoms with van der Waals surface area (Å²) in [5.41, 5.74) is 3.41. The van der Waals surface area contributed by atoms with E-state index in [1.807, 2.05) is 31.2 Å². The van der Waals surface area contributed by atoms with Crippen molar-refractivity contribution >= 4 is 28.2 Å². The average Bonchev–Trinajstić information content (AvgIpc) is 2.54. The summed E-state index contributed by atoms with van der Waals surface area (Å²) in [6, 6.07) is 14.5. The summed E-state index contributed by atoms with van der Waals surface area (Å²) in [5.74, 6) is -0.227. The van der Waals surface area contributed by atoms with E-state index in [1.54, 1.807) is 31.4 Å². The van der Waals surface area contributed by atoms with Crippen molar-refractivity contribution < 1.29 is 19.6 Å². The van der Waals surface area contributed by atoms with Gasteiger partial charge in [0.1, 0.15) is 0 Å². The van der Waals surface area contributed by atoms with Gasteiger partial charge in [0.15, 0.2) is 11.4 Å². The molecule has 3 N–H and O–H groups in total. The number of pyridine rings is 1. The molecule has 0 bridgehead atoms. The number of rotatable bonds is 4. The Balaban J connectivity index is 2.16. The van der Waals surface area contributed by atoms with Crippen molar-refractivity contribution in [3.05, 3.63) is 59.8 Å². The number of anilines is 2. The second-order valence-electron chi connectivity index (χ2n) is 5.22. The average molecular weight is 309 g/mol. The maximum atomic E-state index is 11.4. The summed E-state index contributed by atoms with van der Waals surface area (Å²) in [4.78, 5) is 14.7. The van der Waals surface area contributed by atoms with Gasteiger partial charge in [-0.1, -0.05) is 18.2 Å². The number of aryl methyl sites for hydroxylation is 1. The fourth-order valence-corrected chi connectivity index (χ4v) is 2.61. The number of aromatic carboxylic acids is 1. The Morgan fingerprint density at radius 2 is 1.91 bits per heavy atom. The fourth-order valence-electron chi connectivity index (χ4n) is 2.61. The van der Waals surface area contributed by atoms with Gasteiger partial charge < -0.3 is 15.2 Å². The molecule has 1 heterocycles. The molecule has 1 aromatic heterocycles. The molecular weight excluding hydrogens is 292 g/mol. The fraction of sp³-hybridized carbons (Fsp3) is 0.111. The molecule has 0 fully saturated rings. The van der Waals surface area contributed by atoms with E-state index in [9.17, 15) is 9.90 Å². The van der Waals surface area contributed by atoms with Gasteiger partial charge in [0.25, 0.3) is 5.52 Å². The van der Waals surface area contributed by atoms with Gasteiger partial charge in [-0.15, -0.1) is 0 Å². The Kier molecular flexibility index (Phi) is 3.85. The Morgan fingerprint density at radius 1 is 1.13 bits per heavy atom. The summed E-state index contributed by atoms with van der Waals surface area (Å²) < 4.78 is 5.40. The summed E-state index contributed by atoms with van der Waals surface area (Å²) in [6.07, 6.45) is 0. The predicted molar refractivity (Wildman–Crippen MR) is 88.5 cm³/mol. The summed E-state index contributed by atoms with van der Waals surface area (Å²) in [7, 11) is 1.62. The van der Waals surface area contributed by atoms with Gasteiger partial charge in [0.05, 0.1) is 29.4 Å². The SMILES string of the molecule is COc1cccc2c(Nc3ccccc3C(=O)O)cc(C)[nH+]c12. The van der Waals surface area contributed by atoms with E-state index in [0.717, 1.165) is 28.0 Å². The van der Waals surface area contributed by atoms with Crippen molar-refractivity contribution in [2.75, 3.05) is 12.4 Å². The number of carboxylic acid groups (broad SMARTS) is 1. The van der Waals surface area contributed by atoms with Crippen LogP contribution in [0, 0.1) is 6.92 Å². The smallest absolute Gasteiger partial charge is 0.337 e. The number of aromatic amines is 1. The van der Waals surface area contributed by atoms with Crippen molar-refractivity contribution in [3.63, 3.8) is 0 Å². The van der Waals surface area contributed by atoms with Crippen LogP contribution >= 0.6 is 0 Å². The number of H-pyrrole nitrogens is 1. The van der Waals surface area contributed by atoms with Crippen LogP contribution in [-0.2, 0) is 0 Å². The Hall–Kier alpha value is -3.08. The normalized spacial score (nSPS) is 10.5. The molecule has 3 rings (SSSR count). The molecule has 0 aliphatic heterocycles. The summed E-state index contributed by atoms with van der Waals surface area (Å²) in [5, 5.41) is 13.5. The number of carbonyl (C=O) groups is 1. The number of para-hydroxylation sites is 2. The van der Waals surface area contributed by atoms with Crippen molar-refractivity contribution in [1.82, 2.24) is 0 Å². The third-order valence-corrected chi connectivity index (χ3v) is 3.65. The lowest BCUT2D eigenvalue weighted by Crippen LogP contribution is -2.12. The standard InChI is InChI=1S/C18H16N2O3/c1-11-10-15(12-7-5-9-16(23-2)17(12)19-11)20-14-8-4-3-6-13(14)18(21)22/h3-10H,1-2H3,(H,19,20)(H,21,22)/p+1. The van der Waals surface area contributed by atoms with E-state index in [-0.39, 0.29) is 5.56 Å². The van der Waals surface area contributed by atoms with Crippen molar-refractivity contribution in [2.24, 2.45) is 0 Å². The summed E-state index contributed by atoms with van der Waals surface area (Å²) in [6.45, 7) is 1.94. The predicted octanol–water partition coefficient (Wildman–Crippen LogP) is 3.41. The first-order valence-corrected chi connectivity index (χ1v) is 7.19. The first-order chi connectivity index (χ1) is 11.1. The quantitative estimate of drug-likeness (QED) is 0.774. The van der Waals surface area contributed by atoms with Crippen LogP contribution in [0.5, 0.6) is 5.75 Å². The highest BCUT2D eigenvalue weighted by Gasteiger charge is 2.16. The van der Waals surface area contributed by atoms with E-state index >= 15 is 0 Å². The number of nitrogens with one attached hydrogen (secondary N) is 2. The largest absolute Gasteiger partial charge is 0.490 e. The molecule has 2 aromatic carbocycles. The number of aromatic nitrogens is 1.